The highest BCUT2D eigenvalue weighted by Gasteiger charge is 2.44. The van der Waals surface area contributed by atoms with E-state index in [2.05, 4.69) is 4.74 Å². The van der Waals surface area contributed by atoms with Gasteiger partial charge in [0.1, 0.15) is 11.4 Å². The maximum Gasteiger partial charge on any atom is 0.331 e. The summed E-state index contributed by atoms with van der Waals surface area (Å²) in [7, 11) is 1.02. The van der Waals surface area contributed by atoms with Crippen LogP contribution in [-0.2, 0) is 9.53 Å². The smallest absolute Gasteiger partial charge is 0.331 e. The lowest BCUT2D eigenvalue weighted by Crippen LogP contribution is -2.55. The van der Waals surface area contributed by atoms with Crippen LogP contribution in [0.15, 0.2) is 0 Å². The minimum absolute atomic E-state index is 0. The van der Waals surface area contributed by atoms with E-state index >= 15 is 0 Å². The van der Waals surface area contributed by atoms with Crippen molar-refractivity contribution in [3.05, 3.63) is 23.3 Å². The van der Waals surface area contributed by atoms with Gasteiger partial charge in [-0.25, -0.2) is 31.1 Å². The van der Waals surface area contributed by atoms with Gasteiger partial charge in [0.2, 0.25) is 0 Å². The molecule has 0 aliphatic heterocycles. The molecule has 1 aromatic carbocycles. The number of esters is 1. The molecule has 0 spiro atoms. The maximum absolute atomic E-state index is 12.5. The highest BCUT2D eigenvalue weighted by Crippen LogP contribution is 2.27. The van der Waals surface area contributed by atoms with Gasteiger partial charge in [0, 0.05) is 0 Å². The van der Waals surface area contributed by atoms with Crippen molar-refractivity contribution in [2.24, 2.45) is 11.5 Å². The van der Waals surface area contributed by atoms with Gasteiger partial charge in [0.15, 0.2) is 28.8 Å². The Bertz CT molecular complexity index is 522. The predicted molar refractivity (Wildman–Crippen MR) is 92.8 cm³/mol. The van der Waals surface area contributed by atoms with Gasteiger partial charge in [0.05, 0.1) is 7.11 Å². The van der Waals surface area contributed by atoms with Gasteiger partial charge >= 0.3 is 5.97 Å². The molecule has 1 aromatic rings. The zero-order valence-electron chi connectivity index (χ0n) is 13.9. The van der Waals surface area contributed by atoms with Crippen LogP contribution in [0.4, 0.5) is 37.7 Å². The van der Waals surface area contributed by atoms with Gasteiger partial charge in [-0.2, -0.15) is 0 Å². The monoisotopic (exact) mass is 448 g/mol. The zero-order valence-corrected chi connectivity index (χ0v) is 15.5. The van der Waals surface area contributed by atoms with Crippen molar-refractivity contribution >= 4 is 42.2 Å². The summed E-state index contributed by atoms with van der Waals surface area (Å²) in [6, 6.07) is 0. The number of carbonyl (C=O) groups is 1. The van der Waals surface area contributed by atoms with Crippen LogP contribution in [0, 0.1) is 23.3 Å². The topological polar surface area (TPSA) is 130 Å². The summed E-state index contributed by atoms with van der Waals surface area (Å²) in [5, 5.41) is 0. The largest absolute Gasteiger partial charge is 0.467 e. The Morgan fingerprint density at radius 3 is 1.70 bits per heavy atom. The second-order valence-corrected chi connectivity index (χ2v) is 4.81. The Balaban J connectivity index is -0.000000398. The second kappa shape index (κ2) is 12.7. The Hall–Kier alpha value is -1.63. The first kappa shape index (κ1) is 30.1. The Kier molecular flexibility index (Phi) is 14.2. The van der Waals surface area contributed by atoms with Crippen molar-refractivity contribution in [3.8, 4) is 0 Å². The quantitative estimate of drug-likeness (QED) is 0.179. The lowest BCUT2D eigenvalue weighted by molar-refractivity contribution is -0.153. The van der Waals surface area contributed by atoms with Crippen LogP contribution in [0.3, 0.4) is 0 Å². The van der Waals surface area contributed by atoms with Crippen molar-refractivity contribution in [2.45, 2.75) is 24.8 Å². The third-order valence-electron chi connectivity index (χ3n) is 3.08. The van der Waals surface area contributed by atoms with E-state index in [4.69, 9.17) is 22.9 Å². The Morgan fingerprint density at radius 2 is 1.41 bits per heavy atom. The predicted octanol–water partition coefficient (Wildman–Crippen LogP) is 2.11. The molecular weight excluding hydrogens is 429 g/mol. The van der Waals surface area contributed by atoms with Crippen molar-refractivity contribution in [3.63, 3.8) is 0 Å². The molecule has 0 aliphatic carbocycles. The summed E-state index contributed by atoms with van der Waals surface area (Å²) in [4.78, 5) is 10.9. The third-order valence-corrected chi connectivity index (χ3v) is 3.08. The van der Waals surface area contributed by atoms with E-state index < -0.39 is 52.6 Å². The van der Waals surface area contributed by atoms with Crippen LogP contribution >= 0.6 is 24.8 Å². The fourth-order valence-electron chi connectivity index (χ4n) is 1.56. The fraction of sp³-hybridized carbons (Fsp3) is 0.462. The average Bonchev–Trinajstić information content (AvgIpc) is 2.60. The van der Waals surface area contributed by atoms with Crippen molar-refractivity contribution in [2.75, 3.05) is 25.1 Å². The molecule has 14 heteroatoms. The SMILES string of the molecule is COC(=O)C(N)(CCCN)C(F)F.Cl.Cl.Nc1c(F)c(N)c(F)c(F)c1F. The van der Waals surface area contributed by atoms with Crippen molar-refractivity contribution in [1.29, 1.82) is 0 Å². The molecule has 0 amide bonds. The Morgan fingerprint density at radius 1 is 1.00 bits per heavy atom. The highest BCUT2D eigenvalue weighted by molar-refractivity contribution is 5.85. The summed E-state index contributed by atoms with van der Waals surface area (Å²) in [5.74, 6) is -7.98. The molecule has 27 heavy (non-hydrogen) atoms. The molecule has 0 aliphatic rings. The van der Waals surface area contributed by atoms with E-state index in [-0.39, 0.29) is 44.2 Å². The first-order valence-corrected chi connectivity index (χ1v) is 6.68. The molecule has 1 rings (SSSR count). The number of hydrogen-bond donors (Lipinski definition) is 4. The van der Waals surface area contributed by atoms with Crippen LogP contribution in [-0.4, -0.2) is 31.6 Å². The lowest BCUT2D eigenvalue weighted by atomic mass is 9.95. The summed E-state index contributed by atoms with van der Waals surface area (Å²) >= 11 is 0. The van der Waals surface area contributed by atoms with E-state index in [1.807, 2.05) is 0 Å². The summed E-state index contributed by atoms with van der Waals surface area (Å²) in [5.41, 5.74) is 15.3. The van der Waals surface area contributed by atoms with Gasteiger partial charge in [-0.15, -0.1) is 24.8 Å². The van der Waals surface area contributed by atoms with Crippen LogP contribution in [0.2, 0.25) is 0 Å². The number of ether oxygens (including phenoxy) is 1. The minimum atomic E-state index is -2.94. The normalized spacial score (nSPS) is 12.1. The molecule has 0 fully saturated rings. The molecule has 0 radical (unpaired) electrons. The van der Waals surface area contributed by atoms with Gasteiger partial charge in [-0.1, -0.05) is 0 Å². The molecular formula is C13H20Cl2F6N4O2. The number of hydrogen-bond acceptors (Lipinski definition) is 6. The minimum Gasteiger partial charge on any atom is -0.467 e. The first-order valence-electron chi connectivity index (χ1n) is 6.68. The number of carbonyl (C=O) groups excluding carboxylic acids is 1. The average molecular weight is 449 g/mol. The molecule has 0 bridgehead atoms. The number of halogens is 8. The fourth-order valence-corrected chi connectivity index (χ4v) is 1.56. The molecule has 6 nitrogen and oxygen atoms in total. The summed E-state index contributed by atoms with van der Waals surface area (Å²) in [6.07, 6.45) is -2.85. The van der Waals surface area contributed by atoms with Crippen LogP contribution in [0.1, 0.15) is 12.8 Å². The second-order valence-electron chi connectivity index (χ2n) is 4.81. The van der Waals surface area contributed by atoms with Crippen molar-refractivity contribution < 1.29 is 35.9 Å². The molecule has 0 heterocycles. The maximum atomic E-state index is 12.5. The van der Waals surface area contributed by atoms with Crippen molar-refractivity contribution in [1.82, 2.24) is 0 Å². The number of anilines is 2. The van der Waals surface area contributed by atoms with Crippen LogP contribution in [0.25, 0.3) is 0 Å². The van der Waals surface area contributed by atoms with E-state index in [1.165, 1.54) is 0 Å². The number of nitrogen functional groups attached to an aromatic ring is 2. The van der Waals surface area contributed by atoms with Crippen LogP contribution < -0.4 is 22.9 Å². The molecule has 160 valence electrons. The van der Waals surface area contributed by atoms with Gasteiger partial charge in [0.25, 0.3) is 6.43 Å². The number of nitrogens with two attached hydrogens (primary N) is 4. The number of methoxy groups -OCH3 is 1. The summed E-state index contributed by atoms with van der Waals surface area (Å²) in [6.45, 7) is 0.211. The lowest BCUT2D eigenvalue weighted by Gasteiger charge is -2.24. The van der Waals surface area contributed by atoms with E-state index in [0.717, 1.165) is 7.11 Å². The first-order chi connectivity index (χ1) is 11.4. The van der Waals surface area contributed by atoms with Crippen LogP contribution in [0.5, 0.6) is 0 Å². The molecule has 0 saturated heterocycles. The standard InChI is InChI=1S/C7H14F2N2O2.C6H4F4N2.2ClH/c1-13-6(12)7(11,5(8)9)3-2-4-10;7-1-2(8)5(11)4(10)6(12)3(1)9;;/h5H,2-4,10-11H2,1H3;11-12H2;2*1H. The van der Waals surface area contributed by atoms with Gasteiger partial charge in [-0.05, 0) is 19.4 Å². The van der Waals surface area contributed by atoms with E-state index in [9.17, 15) is 31.1 Å². The molecule has 8 N–H and O–H groups in total. The van der Waals surface area contributed by atoms with E-state index in [1.54, 1.807) is 0 Å². The molecule has 0 saturated carbocycles. The zero-order chi connectivity index (χ0) is 19.9. The number of benzene rings is 1. The molecule has 0 aromatic heterocycles. The molecule has 1 atom stereocenters. The molecule has 1 unspecified atom stereocenters. The van der Waals surface area contributed by atoms with Gasteiger partial charge in [-0.3, -0.25) is 0 Å². The Labute approximate surface area is 163 Å². The highest BCUT2D eigenvalue weighted by atomic mass is 35.5. The number of alkyl halides is 2. The summed E-state index contributed by atoms with van der Waals surface area (Å²) < 4.78 is 78.6. The van der Waals surface area contributed by atoms with Gasteiger partial charge < -0.3 is 27.7 Å². The number of rotatable bonds is 5. The third kappa shape index (κ3) is 7.13. The van der Waals surface area contributed by atoms with E-state index in [0.29, 0.717) is 0 Å².